The maximum absolute atomic E-state index is 12.8. The second-order valence-corrected chi connectivity index (χ2v) is 9.90. The number of hydrogen-bond donors (Lipinski definition) is 1. The number of nitriles is 1. The lowest BCUT2D eigenvalue weighted by atomic mass is 9.79. The van der Waals surface area contributed by atoms with E-state index >= 15 is 0 Å². The van der Waals surface area contributed by atoms with Gasteiger partial charge in [0, 0.05) is 36.8 Å². The molecule has 0 aromatic carbocycles. The van der Waals surface area contributed by atoms with E-state index in [1.807, 2.05) is 6.26 Å². The van der Waals surface area contributed by atoms with Crippen LogP contribution in [0.4, 0.5) is 0 Å². The number of carbonyl (C=O) groups is 2. The van der Waals surface area contributed by atoms with Crippen molar-refractivity contribution in [2.45, 2.75) is 61.4 Å². The Morgan fingerprint density at radius 1 is 1.30 bits per heavy atom. The van der Waals surface area contributed by atoms with Crippen molar-refractivity contribution in [3.05, 3.63) is 22.9 Å². The average Bonchev–Trinajstić information content (AvgIpc) is 3.72. The fraction of sp³-hybridized carbons (Fsp3) is 0.667. The van der Waals surface area contributed by atoms with Crippen molar-refractivity contribution in [3.8, 4) is 6.07 Å². The minimum atomic E-state index is -0.651. The number of pyridine rings is 1. The molecule has 1 saturated heterocycles. The molecule has 0 bridgehead atoms. The van der Waals surface area contributed by atoms with E-state index in [-0.39, 0.29) is 29.2 Å². The first-order valence-corrected chi connectivity index (χ1v) is 13.0. The molecule has 1 amide bonds. The van der Waals surface area contributed by atoms with Crippen molar-refractivity contribution in [1.29, 1.82) is 5.26 Å². The van der Waals surface area contributed by atoms with E-state index in [1.54, 1.807) is 6.07 Å². The van der Waals surface area contributed by atoms with Crippen molar-refractivity contribution >= 4 is 23.6 Å². The molecule has 0 unspecified atom stereocenters. The third-order valence-corrected chi connectivity index (χ3v) is 7.62. The summed E-state index contributed by atoms with van der Waals surface area (Å²) in [7, 11) is 0. The molecule has 0 spiro atoms. The van der Waals surface area contributed by atoms with Crippen LogP contribution in [0, 0.1) is 11.3 Å². The van der Waals surface area contributed by atoms with Crippen LogP contribution < -0.4 is 5.32 Å². The number of rotatable bonds is 8. The number of nitrogens with one attached hydrogen (secondary N) is 1. The van der Waals surface area contributed by atoms with E-state index in [2.05, 4.69) is 21.3 Å². The summed E-state index contributed by atoms with van der Waals surface area (Å²) in [5.74, 6) is -0.631. The van der Waals surface area contributed by atoms with Crippen LogP contribution in [0.15, 0.2) is 11.1 Å². The van der Waals surface area contributed by atoms with Gasteiger partial charge in [0.1, 0.15) is 11.1 Å². The Morgan fingerprint density at radius 3 is 2.67 bits per heavy atom. The second kappa shape index (κ2) is 10.9. The van der Waals surface area contributed by atoms with Gasteiger partial charge in [-0.3, -0.25) is 9.69 Å². The zero-order valence-electron chi connectivity index (χ0n) is 19.2. The third kappa shape index (κ3) is 5.68. The molecule has 1 aromatic rings. The normalized spacial score (nSPS) is 20.6. The molecule has 1 aliphatic heterocycles. The van der Waals surface area contributed by atoms with Gasteiger partial charge < -0.3 is 14.8 Å². The molecule has 33 heavy (non-hydrogen) atoms. The highest BCUT2D eigenvalue weighted by Crippen LogP contribution is 2.40. The Hall–Kier alpha value is -2.15. The quantitative estimate of drug-likeness (QED) is 0.455. The van der Waals surface area contributed by atoms with Gasteiger partial charge in [-0.25, -0.2) is 9.78 Å². The first-order valence-electron chi connectivity index (χ1n) is 11.8. The number of esters is 1. The number of aromatic nitrogens is 1. The van der Waals surface area contributed by atoms with Crippen molar-refractivity contribution < 1.29 is 19.1 Å². The molecule has 4 rings (SSSR count). The lowest BCUT2D eigenvalue weighted by Gasteiger charge is -2.48. The molecule has 3 aliphatic rings. The van der Waals surface area contributed by atoms with E-state index in [9.17, 15) is 14.9 Å². The average molecular weight is 473 g/mol. The van der Waals surface area contributed by atoms with Gasteiger partial charge in [0.2, 0.25) is 0 Å². The summed E-state index contributed by atoms with van der Waals surface area (Å²) in [4.78, 5) is 32.4. The van der Waals surface area contributed by atoms with Crippen LogP contribution >= 0.6 is 11.8 Å². The summed E-state index contributed by atoms with van der Waals surface area (Å²) >= 11 is 1.34. The Kier molecular flexibility index (Phi) is 7.89. The lowest BCUT2D eigenvalue weighted by Crippen LogP contribution is -2.59. The molecule has 1 aromatic heterocycles. The van der Waals surface area contributed by atoms with E-state index < -0.39 is 5.97 Å². The summed E-state index contributed by atoms with van der Waals surface area (Å²) < 4.78 is 10.8. The fourth-order valence-corrected chi connectivity index (χ4v) is 5.48. The van der Waals surface area contributed by atoms with Crippen LogP contribution in [0.3, 0.4) is 0 Å². The molecule has 8 nitrogen and oxygen atoms in total. The number of thioether (sulfide) groups is 1. The number of carbonyl (C=O) groups excluding carboxylic acids is 2. The molecular weight excluding hydrogens is 440 g/mol. The highest BCUT2D eigenvalue weighted by atomic mass is 32.2. The Bertz CT molecular complexity index is 916. The van der Waals surface area contributed by atoms with Gasteiger partial charge in [-0.15, -0.1) is 11.8 Å². The Morgan fingerprint density at radius 2 is 2.03 bits per heavy atom. The van der Waals surface area contributed by atoms with Crippen LogP contribution in [0.25, 0.3) is 0 Å². The lowest BCUT2D eigenvalue weighted by molar-refractivity contribution is -0.125. The summed E-state index contributed by atoms with van der Waals surface area (Å²) in [6.45, 7) is 3.39. The molecule has 1 N–H and O–H groups in total. The monoisotopic (exact) mass is 472 g/mol. The van der Waals surface area contributed by atoms with E-state index in [0.29, 0.717) is 17.5 Å². The zero-order chi connectivity index (χ0) is 23.3. The van der Waals surface area contributed by atoms with Gasteiger partial charge in [-0.05, 0) is 38.0 Å². The summed E-state index contributed by atoms with van der Waals surface area (Å²) in [6.07, 6.45) is 9.55. The molecule has 3 fully saturated rings. The van der Waals surface area contributed by atoms with Crippen LogP contribution in [0.2, 0.25) is 0 Å². The van der Waals surface area contributed by atoms with Crippen molar-refractivity contribution in [2.75, 3.05) is 45.7 Å². The molecule has 9 heteroatoms. The predicted octanol–water partition coefficient (Wildman–Crippen LogP) is 2.86. The number of ether oxygens (including phenoxy) is 2. The molecule has 2 saturated carbocycles. The van der Waals surface area contributed by atoms with Crippen LogP contribution in [0.5, 0.6) is 0 Å². The van der Waals surface area contributed by atoms with Crippen LogP contribution in [-0.4, -0.2) is 73.0 Å². The number of amides is 1. The van der Waals surface area contributed by atoms with E-state index in [4.69, 9.17) is 9.47 Å². The maximum atomic E-state index is 12.8. The highest BCUT2D eigenvalue weighted by Gasteiger charge is 2.39. The fourth-order valence-electron chi connectivity index (χ4n) is 4.92. The van der Waals surface area contributed by atoms with Gasteiger partial charge in [0.25, 0.3) is 5.91 Å². The summed E-state index contributed by atoms with van der Waals surface area (Å²) in [5, 5.41) is 13.1. The van der Waals surface area contributed by atoms with Gasteiger partial charge in [0.15, 0.2) is 6.61 Å². The number of morpholine rings is 1. The van der Waals surface area contributed by atoms with Crippen LogP contribution in [0.1, 0.15) is 72.5 Å². The smallest absolute Gasteiger partial charge is 0.340 e. The molecule has 0 radical (unpaired) electrons. The molecule has 0 atom stereocenters. The molecule has 178 valence electrons. The highest BCUT2D eigenvalue weighted by molar-refractivity contribution is 7.98. The molecule has 2 aliphatic carbocycles. The summed E-state index contributed by atoms with van der Waals surface area (Å²) in [6, 6.07) is 3.74. The second-order valence-electron chi connectivity index (χ2n) is 9.10. The molecule has 2 heterocycles. The van der Waals surface area contributed by atoms with Gasteiger partial charge in [-0.1, -0.05) is 19.3 Å². The molecular formula is C24H32N4O4S. The van der Waals surface area contributed by atoms with E-state index in [0.717, 1.165) is 70.5 Å². The Balaban J connectivity index is 1.37. The largest absolute Gasteiger partial charge is 0.452 e. The maximum Gasteiger partial charge on any atom is 0.340 e. The first-order chi connectivity index (χ1) is 16.1. The van der Waals surface area contributed by atoms with Crippen molar-refractivity contribution in [3.63, 3.8) is 0 Å². The minimum absolute atomic E-state index is 0.0484. The minimum Gasteiger partial charge on any atom is -0.452 e. The predicted molar refractivity (Wildman–Crippen MR) is 124 cm³/mol. The standard InChI is InChI=1S/C24H32N4O4S/c1-33-22-19(14-25)18(13-20(27-22)17-5-6-17)23(30)32-15-21(29)26-16-24(7-3-2-4-8-24)28-9-11-31-12-10-28/h13,17H,2-12,15-16H2,1H3,(H,26,29). The van der Waals surface area contributed by atoms with Gasteiger partial charge in [0.05, 0.1) is 24.3 Å². The Labute approximate surface area is 199 Å². The van der Waals surface area contributed by atoms with Crippen LogP contribution in [-0.2, 0) is 14.3 Å². The van der Waals surface area contributed by atoms with Gasteiger partial charge >= 0.3 is 5.97 Å². The third-order valence-electron chi connectivity index (χ3n) is 6.94. The zero-order valence-corrected chi connectivity index (χ0v) is 20.0. The topological polar surface area (TPSA) is 105 Å². The first kappa shape index (κ1) is 24.0. The number of hydrogen-bond acceptors (Lipinski definition) is 8. The summed E-state index contributed by atoms with van der Waals surface area (Å²) in [5.41, 5.74) is 1.18. The van der Waals surface area contributed by atoms with E-state index in [1.165, 1.54) is 18.2 Å². The SMILES string of the molecule is CSc1nc(C2CC2)cc(C(=O)OCC(=O)NCC2(N3CCOCC3)CCCCC2)c1C#N. The number of nitrogens with zero attached hydrogens (tertiary/aromatic N) is 3. The van der Waals surface area contributed by atoms with Gasteiger partial charge in [-0.2, -0.15) is 5.26 Å². The van der Waals surface area contributed by atoms with Crippen molar-refractivity contribution in [2.24, 2.45) is 0 Å². The van der Waals surface area contributed by atoms with Crippen molar-refractivity contribution in [1.82, 2.24) is 15.2 Å².